The van der Waals surface area contributed by atoms with Crippen molar-refractivity contribution in [3.05, 3.63) is 24.5 Å². The topological polar surface area (TPSA) is 99.8 Å². The van der Waals surface area contributed by atoms with Crippen molar-refractivity contribution in [2.45, 2.75) is 62.9 Å². The molecule has 1 aliphatic carbocycles. The molecule has 2 atom stereocenters. The van der Waals surface area contributed by atoms with E-state index in [1.54, 1.807) is 12.4 Å². The molecule has 7 heteroatoms. The van der Waals surface area contributed by atoms with E-state index in [4.69, 9.17) is 5.73 Å². The Balaban J connectivity index is 1.88. The standard InChI is InChI=1S/C21H32N4O3/c1-2-3-6-18(26)21(10-5-4-9-20(21,22)19(27)28)25-15-13-24(14-16-25)17-7-11-23-12-8-17/h7-8,11-12H,2-6,9-10,13-16,22H2,1H3,(H,27,28). The Kier molecular flexibility index (Phi) is 6.35. The third-order valence-corrected chi connectivity index (χ3v) is 6.55. The Morgan fingerprint density at radius 3 is 2.39 bits per heavy atom. The number of hydrogen-bond acceptors (Lipinski definition) is 6. The minimum absolute atomic E-state index is 0.0105. The Hall–Kier alpha value is -1.99. The largest absolute Gasteiger partial charge is 0.480 e. The van der Waals surface area contributed by atoms with Crippen molar-refractivity contribution in [3.63, 3.8) is 0 Å². The molecule has 0 aromatic carbocycles. The number of Topliss-reactive ketones (excluding diaryl/α,β-unsaturated/α-hetero) is 1. The number of carbonyl (C=O) groups is 2. The molecule has 0 radical (unpaired) electrons. The predicted molar refractivity (Wildman–Crippen MR) is 108 cm³/mol. The Morgan fingerprint density at radius 2 is 1.79 bits per heavy atom. The first-order valence-electron chi connectivity index (χ1n) is 10.4. The molecule has 1 aromatic heterocycles. The molecule has 1 saturated heterocycles. The molecule has 2 fully saturated rings. The highest BCUT2D eigenvalue weighted by Crippen LogP contribution is 2.43. The number of piperazine rings is 1. The van der Waals surface area contributed by atoms with Crippen LogP contribution >= 0.6 is 0 Å². The second-order valence-electron chi connectivity index (χ2n) is 8.05. The highest BCUT2D eigenvalue weighted by Gasteiger charge is 2.62. The van der Waals surface area contributed by atoms with Gasteiger partial charge in [-0.25, -0.2) is 0 Å². The quantitative estimate of drug-likeness (QED) is 0.737. The first kappa shape index (κ1) is 20.7. The van der Waals surface area contributed by atoms with Crippen molar-refractivity contribution in [1.29, 1.82) is 0 Å². The summed E-state index contributed by atoms with van der Waals surface area (Å²) in [6, 6.07) is 3.95. The smallest absolute Gasteiger partial charge is 0.326 e. The number of carbonyl (C=O) groups excluding carboxylic acids is 1. The summed E-state index contributed by atoms with van der Waals surface area (Å²) in [5, 5.41) is 10.0. The number of unbranched alkanes of at least 4 members (excludes halogenated alkanes) is 1. The van der Waals surface area contributed by atoms with E-state index in [2.05, 4.69) is 14.8 Å². The fourth-order valence-electron chi connectivity index (χ4n) is 4.95. The molecule has 154 valence electrons. The molecule has 1 saturated carbocycles. The van der Waals surface area contributed by atoms with E-state index in [1.165, 1.54) is 0 Å². The summed E-state index contributed by atoms with van der Waals surface area (Å²) in [7, 11) is 0. The average Bonchev–Trinajstić information content (AvgIpc) is 2.73. The Morgan fingerprint density at radius 1 is 1.14 bits per heavy atom. The summed E-state index contributed by atoms with van der Waals surface area (Å²) < 4.78 is 0. The maximum Gasteiger partial charge on any atom is 0.326 e. The molecule has 3 N–H and O–H groups in total. The first-order chi connectivity index (χ1) is 13.5. The molecular formula is C21H32N4O3. The van der Waals surface area contributed by atoms with Crippen LogP contribution in [0.15, 0.2) is 24.5 Å². The number of anilines is 1. The molecule has 2 heterocycles. The maximum atomic E-state index is 13.4. The summed E-state index contributed by atoms with van der Waals surface area (Å²) >= 11 is 0. The monoisotopic (exact) mass is 388 g/mol. The van der Waals surface area contributed by atoms with Crippen molar-refractivity contribution < 1.29 is 14.7 Å². The number of nitrogens with two attached hydrogens (primary N) is 1. The number of pyridine rings is 1. The van der Waals surface area contributed by atoms with Gasteiger partial charge in [-0.15, -0.1) is 0 Å². The number of hydrogen-bond donors (Lipinski definition) is 2. The van der Waals surface area contributed by atoms with Gasteiger partial charge in [0, 0.05) is 50.7 Å². The van der Waals surface area contributed by atoms with Gasteiger partial charge in [0.05, 0.1) is 0 Å². The van der Waals surface area contributed by atoms with Crippen LogP contribution < -0.4 is 10.6 Å². The van der Waals surface area contributed by atoms with Crippen LogP contribution in [-0.2, 0) is 9.59 Å². The lowest BCUT2D eigenvalue weighted by atomic mass is 9.63. The predicted octanol–water partition coefficient (Wildman–Crippen LogP) is 2.06. The van der Waals surface area contributed by atoms with Crippen LogP contribution in [0.4, 0.5) is 5.69 Å². The number of carboxylic acids is 1. The number of aromatic nitrogens is 1. The van der Waals surface area contributed by atoms with Crippen molar-refractivity contribution in [2.75, 3.05) is 31.1 Å². The van der Waals surface area contributed by atoms with E-state index in [0.717, 1.165) is 44.5 Å². The highest BCUT2D eigenvalue weighted by molar-refractivity contribution is 5.98. The average molecular weight is 389 g/mol. The summed E-state index contributed by atoms with van der Waals surface area (Å²) in [5.74, 6) is -1.04. The first-order valence-corrected chi connectivity index (χ1v) is 10.4. The normalized spacial score (nSPS) is 28.9. The molecule has 7 nitrogen and oxygen atoms in total. The molecule has 1 aliphatic heterocycles. The van der Waals surface area contributed by atoms with Crippen LogP contribution in [0.1, 0.15) is 51.9 Å². The van der Waals surface area contributed by atoms with Gasteiger partial charge in [0.25, 0.3) is 0 Å². The van der Waals surface area contributed by atoms with Gasteiger partial charge < -0.3 is 15.7 Å². The lowest BCUT2D eigenvalue weighted by molar-refractivity contribution is -0.162. The van der Waals surface area contributed by atoms with Gasteiger partial charge in [0.2, 0.25) is 0 Å². The van der Waals surface area contributed by atoms with Crippen LogP contribution in [-0.4, -0.2) is 64.0 Å². The zero-order valence-corrected chi connectivity index (χ0v) is 16.8. The van der Waals surface area contributed by atoms with E-state index >= 15 is 0 Å². The summed E-state index contributed by atoms with van der Waals surface area (Å²) in [6.07, 6.45) is 8.10. The molecule has 2 unspecified atom stereocenters. The van der Waals surface area contributed by atoms with Crippen LogP contribution in [0, 0.1) is 0 Å². The number of nitrogens with zero attached hydrogens (tertiary/aromatic N) is 3. The van der Waals surface area contributed by atoms with Crippen molar-refractivity contribution in [1.82, 2.24) is 9.88 Å². The maximum absolute atomic E-state index is 13.4. The molecular weight excluding hydrogens is 356 g/mol. The van der Waals surface area contributed by atoms with Gasteiger partial charge in [-0.05, 0) is 31.4 Å². The number of aliphatic carboxylic acids is 1. The molecule has 0 bridgehead atoms. The summed E-state index contributed by atoms with van der Waals surface area (Å²) in [6.45, 7) is 4.78. The third kappa shape index (κ3) is 3.53. The molecule has 0 spiro atoms. The Labute approximate surface area is 166 Å². The van der Waals surface area contributed by atoms with Crippen molar-refractivity contribution in [3.8, 4) is 0 Å². The zero-order valence-electron chi connectivity index (χ0n) is 16.8. The van der Waals surface area contributed by atoms with E-state index in [0.29, 0.717) is 32.4 Å². The minimum atomic E-state index is -1.52. The SMILES string of the molecule is CCCCC(=O)C1(N2CCN(c3ccncc3)CC2)CCCCC1(N)C(=O)O. The minimum Gasteiger partial charge on any atom is -0.480 e. The lowest BCUT2D eigenvalue weighted by Crippen LogP contribution is -2.78. The van der Waals surface area contributed by atoms with Gasteiger partial charge in [-0.2, -0.15) is 0 Å². The van der Waals surface area contributed by atoms with Gasteiger partial charge >= 0.3 is 5.97 Å². The van der Waals surface area contributed by atoms with E-state index in [9.17, 15) is 14.7 Å². The second kappa shape index (κ2) is 8.57. The van der Waals surface area contributed by atoms with Crippen LogP contribution in [0.2, 0.25) is 0 Å². The molecule has 28 heavy (non-hydrogen) atoms. The van der Waals surface area contributed by atoms with Crippen molar-refractivity contribution >= 4 is 17.4 Å². The van der Waals surface area contributed by atoms with E-state index in [-0.39, 0.29) is 5.78 Å². The number of carboxylic acid groups (broad SMARTS) is 1. The fourth-order valence-corrected chi connectivity index (χ4v) is 4.95. The van der Waals surface area contributed by atoms with Gasteiger partial charge in [-0.3, -0.25) is 19.5 Å². The van der Waals surface area contributed by atoms with Crippen LogP contribution in [0.5, 0.6) is 0 Å². The number of ketones is 1. The van der Waals surface area contributed by atoms with E-state index < -0.39 is 17.0 Å². The molecule has 2 aliphatic rings. The van der Waals surface area contributed by atoms with Gasteiger partial charge in [-0.1, -0.05) is 26.2 Å². The second-order valence-corrected chi connectivity index (χ2v) is 8.05. The summed E-state index contributed by atoms with van der Waals surface area (Å²) in [4.78, 5) is 34.1. The molecule has 0 amide bonds. The zero-order chi connectivity index (χ0) is 20.2. The van der Waals surface area contributed by atoms with Crippen molar-refractivity contribution in [2.24, 2.45) is 5.73 Å². The highest BCUT2D eigenvalue weighted by atomic mass is 16.4. The van der Waals surface area contributed by atoms with Gasteiger partial charge in [0.15, 0.2) is 5.78 Å². The van der Waals surface area contributed by atoms with E-state index in [1.807, 2.05) is 19.1 Å². The Bertz CT molecular complexity index is 690. The third-order valence-electron chi connectivity index (χ3n) is 6.55. The van der Waals surface area contributed by atoms with Crippen LogP contribution in [0.25, 0.3) is 0 Å². The molecule has 3 rings (SSSR count). The summed E-state index contributed by atoms with van der Waals surface area (Å²) in [5.41, 5.74) is 5.03. The lowest BCUT2D eigenvalue weighted by Gasteiger charge is -2.55. The fraction of sp³-hybridized carbons (Fsp3) is 0.667. The number of rotatable bonds is 7. The molecule has 1 aromatic rings. The van der Waals surface area contributed by atoms with Crippen LogP contribution in [0.3, 0.4) is 0 Å². The van der Waals surface area contributed by atoms with Gasteiger partial charge in [0.1, 0.15) is 11.1 Å².